The van der Waals surface area contributed by atoms with Crippen LogP contribution < -0.4 is 0 Å². The minimum absolute atomic E-state index is 0.0664. The minimum atomic E-state index is -0.777. The number of hydrogen-bond acceptors (Lipinski definition) is 5. The minimum Gasteiger partial charge on any atom is -0.462 e. The summed E-state index contributed by atoms with van der Waals surface area (Å²) >= 11 is 0. The Kier molecular flexibility index (Phi) is 65.2. The van der Waals surface area contributed by atoms with Crippen molar-refractivity contribution in [2.45, 2.75) is 380 Å². The average molecular weight is 1070 g/mol. The summed E-state index contributed by atoms with van der Waals surface area (Å²) in [7, 11) is 0. The Balaban J connectivity index is 3.36. The molecule has 5 heteroatoms. The second-order valence-corrected chi connectivity index (χ2v) is 23.2. The number of carbonyl (C=O) groups excluding carboxylic acids is 2. The zero-order chi connectivity index (χ0) is 54.8. The molecular weight excluding hydrogens is 933 g/mol. The number of unbranched alkanes of at least 4 members (excludes halogenated alkanes) is 48. The summed E-state index contributed by atoms with van der Waals surface area (Å²) < 4.78 is 10.7. The van der Waals surface area contributed by atoms with E-state index in [0.29, 0.717) is 12.8 Å². The first kappa shape index (κ1) is 73.9. The van der Waals surface area contributed by atoms with Gasteiger partial charge >= 0.3 is 11.9 Å². The predicted octanol–water partition coefficient (Wildman–Crippen LogP) is 23.5. The number of hydrogen-bond donors (Lipinski definition) is 1. The molecule has 0 spiro atoms. The van der Waals surface area contributed by atoms with Gasteiger partial charge in [0.2, 0.25) is 0 Å². The molecular formula is C71H132O5. The van der Waals surface area contributed by atoms with E-state index in [1.54, 1.807) is 0 Å². The van der Waals surface area contributed by atoms with Crippen LogP contribution in [0, 0.1) is 0 Å². The third-order valence-corrected chi connectivity index (χ3v) is 15.6. The molecule has 0 saturated carbocycles. The molecule has 0 aromatic carbocycles. The first-order chi connectivity index (χ1) is 37.6. The van der Waals surface area contributed by atoms with E-state index < -0.39 is 6.10 Å². The molecule has 0 amide bonds. The number of esters is 2. The number of allylic oxidation sites excluding steroid dienone is 8. The van der Waals surface area contributed by atoms with E-state index in [1.807, 2.05) is 0 Å². The van der Waals surface area contributed by atoms with Crippen molar-refractivity contribution in [1.29, 1.82) is 0 Å². The molecule has 1 atom stereocenters. The molecule has 0 fully saturated rings. The number of aliphatic hydroxyl groups excluding tert-OH is 1. The van der Waals surface area contributed by atoms with Crippen molar-refractivity contribution >= 4 is 11.9 Å². The Morgan fingerprint density at radius 2 is 0.566 bits per heavy atom. The maximum atomic E-state index is 12.3. The predicted molar refractivity (Wildman–Crippen MR) is 334 cm³/mol. The normalized spacial score (nSPS) is 12.4. The van der Waals surface area contributed by atoms with Gasteiger partial charge in [-0.3, -0.25) is 9.59 Å². The van der Waals surface area contributed by atoms with Crippen molar-refractivity contribution in [2.75, 3.05) is 13.2 Å². The first-order valence-corrected chi connectivity index (χ1v) is 34.2. The number of ether oxygens (including phenoxy) is 2. The van der Waals surface area contributed by atoms with Gasteiger partial charge in [-0.2, -0.15) is 0 Å². The van der Waals surface area contributed by atoms with Gasteiger partial charge in [-0.15, -0.1) is 0 Å². The van der Waals surface area contributed by atoms with Crippen molar-refractivity contribution in [2.24, 2.45) is 0 Å². The molecule has 0 heterocycles. The van der Waals surface area contributed by atoms with E-state index in [2.05, 4.69) is 62.5 Å². The summed E-state index contributed by atoms with van der Waals surface area (Å²) in [5.74, 6) is -0.584. The maximum Gasteiger partial charge on any atom is 0.306 e. The van der Waals surface area contributed by atoms with Gasteiger partial charge < -0.3 is 14.6 Å². The maximum absolute atomic E-state index is 12.3. The van der Waals surface area contributed by atoms with Gasteiger partial charge in [0.05, 0.1) is 6.61 Å². The highest BCUT2D eigenvalue weighted by Gasteiger charge is 2.16. The molecule has 0 aliphatic carbocycles. The lowest BCUT2D eigenvalue weighted by atomic mass is 10.0. The number of rotatable bonds is 64. The standard InChI is InChI=1S/C71H132O5/c1-3-5-7-9-11-13-15-17-19-21-23-25-26-27-28-29-30-31-32-33-34-35-36-37-38-39-40-41-42-43-44-46-47-49-51-53-55-57-59-61-63-65-70(73)75-68-69(67-72)76-71(74)66-64-62-60-58-56-54-52-50-48-45-24-22-20-18-16-14-12-10-8-6-4-2/h6,8,12,14,18,20,24,45,69,72H,3-5,7,9-11,13,15-17,19,21-23,25-44,46-68H2,1-2H3/b8-6-,14-12-,20-18-,45-24-. The summed E-state index contributed by atoms with van der Waals surface area (Å²) in [4.78, 5) is 24.6. The summed E-state index contributed by atoms with van der Waals surface area (Å²) in [6.07, 6.45) is 90.2. The van der Waals surface area contributed by atoms with Crippen LogP contribution >= 0.6 is 0 Å². The third-order valence-electron chi connectivity index (χ3n) is 15.6. The Labute approximate surface area is 475 Å². The van der Waals surface area contributed by atoms with Crippen molar-refractivity contribution in [3.63, 3.8) is 0 Å². The molecule has 0 aromatic rings. The van der Waals surface area contributed by atoms with Gasteiger partial charge in [-0.25, -0.2) is 0 Å². The fraction of sp³-hybridized carbons (Fsp3) is 0.859. The van der Waals surface area contributed by atoms with E-state index in [4.69, 9.17) is 9.47 Å². The Bertz CT molecular complexity index is 1250. The lowest BCUT2D eigenvalue weighted by Crippen LogP contribution is -2.28. The smallest absolute Gasteiger partial charge is 0.306 e. The largest absolute Gasteiger partial charge is 0.462 e. The van der Waals surface area contributed by atoms with Crippen LogP contribution in [0.5, 0.6) is 0 Å². The Morgan fingerprint density at radius 1 is 0.316 bits per heavy atom. The molecule has 76 heavy (non-hydrogen) atoms. The van der Waals surface area contributed by atoms with Crippen LogP contribution in [0.1, 0.15) is 373 Å². The van der Waals surface area contributed by atoms with Gasteiger partial charge in [0.1, 0.15) is 6.61 Å². The number of aliphatic hydroxyl groups is 1. The monoisotopic (exact) mass is 1070 g/mol. The molecule has 0 bridgehead atoms. The van der Waals surface area contributed by atoms with E-state index in [9.17, 15) is 14.7 Å². The first-order valence-electron chi connectivity index (χ1n) is 34.2. The fourth-order valence-corrected chi connectivity index (χ4v) is 10.6. The van der Waals surface area contributed by atoms with Crippen LogP contribution in [0.2, 0.25) is 0 Å². The molecule has 446 valence electrons. The summed E-state index contributed by atoms with van der Waals surface area (Å²) in [5.41, 5.74) is 0. The molecule has 5 nitrogen and oxygen atoms in total. The molecule has 0 radical (unpaired) electrons. The summed E-state index contributed by atoms with van der Waals surface area (Å²) in [5, 5.41) is 9.67. The lowest BCUT2D eigenvalue weighted by Gasteiger charge is -2.15. The van der Waals surface area contributed by atoms with Crippen LogP contribution in [0.3, 0.4) is 0 Å². The van der Waals surface area contributed by atoms with Gasteiger partial charge in [-0.05, 0) is 51.4 Å². The molecule has 0 saturated heterocycles. The van der Waals surface area contributed by atoms with Crippen molar-refractivity contribution < 1.29 is 24.2 Å². The Hall–Kier alpha value is -2.14. The third kappa shape index (κ3) is 64.4. The van der Waals surface area contributed by atoms with Crippen molar-refractivity contribution in [1.82, 2.24) is 0 Å². The van der Waals surface area contributed by atoms with Crippen LogP contribution in [0.15, 0.2) is 48.6 Å². The molecule has 1 unspecified atom stereocenters. The Morgan fingerprint density at radius 3 is 0.855 bits per heavy atom. The second kappa shape index (κ2) is 67.1. The van der Waals surface area contributed by atoms with Gasteiger partial charge in [0, 0.05) is 12.8 Å². The average Bonchev–Trinajstić information content (AvgIpc) is 3.42. The van der Waals surface area contributed by atoms with E-state index in [0.717, 1.165) is 70.6 Å². The van der Waals surface area contributed by atoms with Crippen LogP contribution in [0.4, 0.5) is 0 Å². The van der Waals surface area contributed by atoms with Crippen molar-refractivity contribution in [3.05, 3.63) is 48.6 Å². The fourth-order valence-electron chi connectivity index (χ4n) is 10.6. The molecule has 0 aliphatic rings. The zero-order valence-electron chi connectivity index (χ0n) is 51.3. The second-order valence-electron chi connectivity index (χ2n) is 23.2. The van der Waals surface area contributed by atoms with Crippen molar-refractivity contribution in [3.8, 4) is 0 Å². The number of carbonyl (C=O) groups is 2. The highest BCUT2D eigenvalue weighted by Crippen LogP contribution is 2.19. The summed E-state index contributed by atoms with van der Waals surface area (Å²) in [6.45, 7) is 4.07. The molecule has 0 aromatic heterocycles. The zero-order valence-corrected chi connectivity index (χ0v) is 51.3. The quantitative estimate of drug-likeness (QED) is 0.0373. The van der Waals surface area contributed by atoms with Gasteiger partial charge in [-0.1, -0.05) is 358 Å². The lowest BCUT2D eigenvalue weighted by molar-refractivity contribution is -0.161. The molecule has 0 aliphatic heterocycles. The SMILES string of the molecule is CC/C=C\C/C=C\C/C=C\C/C=C\CCCCCCCCCCC(=O)OC(CO)COC(=O)CCCCCCCCCCCCCCCCCCCCCCCCCCCCCCCCCCCCCCCCCCC. The van der Waals surface area contributed by atoms with E-state index in [1.165, 1.54) is 276 Å². The summed E-state index contributed by atoms with van der Waals surface area (Å²) in [6, 6.07) is 0. The highest BCUT2D eigenvalue weighted by atomic mass is 16.6. The van der Waals surface area contributed by atoms with E-state index in [-0.39, 0.29) is 25.2 Å². The van der Waals surface area contributed by atoms with Gasteiger partial charge in [0.25, 0.3) is 0 Å². The van der Waals surface area contributed by atoms with Crippen LogP contribution in [-0.4, -0.2) is 36.4 Å². The van der Waals surface area contributed by atoms with E-state index >= 15 is 0 Å². The van der Waals surface area contributed by atoms with Crippen LogP contribution in [-0.2, 0) is 19.1 Å². The van der Waals surface area contributed by atoms with Crippen LogP contribution in [0.25, 0.3) is 0 Å². The molecule has 0 rings (SSSR count). The topological polar surface area (TPSA) is 72.8 Å². The highest BCUT2D eigenvalue weighted by molar-refractivity contribution is 5.70. The molecule has 1 N–H and O–H groups in total. The van der Waals surface area contributed by atoms with Gasteiger partial charge in [0.15, 0.2) is 6.10 Å².